The predicted octanol–water partition coefficient (Wildman–Crippen LogP) is 5.14. The summed E-state index contributed by atoms with van der Waals surface area (Å²) in [6.07, 6.45) is 3.70. The number of hydrogen-bond donors (Lipinski definition) is 2. The minimum Gasteiger partial charge on any atom is -0.495 e. The van der Waals surface area contributed by atoms with Gasteiger partial charge in [0.1, 0.15) is 5.75 Å². The van der Waals surface area contributed by atoms with Crippen LogP contribution < -0.4 is 15.4 Å². The van der Waals surface area contributed by atoms with Gasteiger partial charge in [0.25, 0.3) is 5.91 Å². The van der Waals surface area contributed by atoms with E-state index in [4.69, 9.17) is 10.00 Å². The Bertz CT molecular complexity index is 1360. The molecule has 1 aliphatic carbocycles. The fourth-order valence-electron chi connectivity index (χ4n) is 4.80. The van der Waals surface area contributed by atoms with E-state index < -0.39 is 11.7 Å². The number of benzene rings is 2. The number of rotatable bonds is 8. The molecule has 1 heterocycles. The maximum atomic E-state index is 14.7. The highest BCUT2D eigenvalue weighted by atomic mass is 19.1. The molecule has 0 spiro atoms. The summed E-state index contributed by atoms with van der Waals surface area (Å²) in [4.78, 5) is 19.6. The fraction of sp³-hybridized carbons (Fsp3) is 0.345. The van der Waals surface area contributed by atoms with Crippen LogP contribution in [0.25, 0.3) is 22.0 Å². The molecule has 1 saturated carbocycles. The Morgan fingerprint density at radius 3 is 2.59 bits per heavy atom. The molecular formula is C29H32FN5O2. The van der Waals surface area contributed by atoms with E-state index in [9.17, 15) is 9.18 Å². The van der Waals surface area contributed by atoms with Crippen molar-refractivity contribution in [3.8, 4) is 23.1 Å². The lowest BCUT2D eigenvalue weighted by atomic mass is 9.90. The van der Waals surface area contributed by atoms with Gasteiger partial charge in [-0.3, -0.25) is 4.79 Å². The zero-order valence-corrected chi connectivity index (χ0v) is 21.5. The summed E-state index contributed by atoms with van der Waals surface area (Å²) in [6.45, 7) is 4.00. The van der Waals surface area contributed by atoms with E-state index in [0.717, 1.165) is 42.0 Å². The summed E-state index contributed by atoms with van der Waals surface area (Å²) in [7, 11) is 5.72. The van der Waals surface area contributed by atoms with Crippen molar-refractivity contribution in [2.45, 2.75) is 37.8 Å². The number of carbonyl (C=O) groups is 1. The van der Waals surface area contributed by atoms with Crippen LogP contribution >= 0.6 is 0 Å². The number of aromatic nitrogens is 1. The van der Waals surface area contributed by atoms with Gasteiger partial charge in [-0.2, -0.15) is 5.26 Å². The number of fused-ring (bicyclic) bond motifs is 1. The van der Waals surface area contributed by atoms with Crippen LogP contribution in [0.1, 0.15) is 36.2 Å². The first kappa shape index (κ1) is 26.1. The Labute approximate surface area is 216 Å². The van der Waals surface area contributed by atoms with E-state index in [0.29, 0.717) is 28.7 Å². The standard InChI is InChI=1S/C29H32FN5O2/c1-18(16-31)17-32-27-23-15-20(6-5-19(23)7-14-26(27)37-4)25-13-12-24(30)28(34-25)29(36)33-21-8-10-22(11-9-21)35(2)3/h5-7,12-15,21-22,32H,1,8-11,17H2,2-4H3,(H,33,36)/t21-,22+. The third-order valence-electron chi connectivity index (χ3n) is 6.96. The molecule has 7 nitrogen and oxygen atoms in total. The van der Waals surface area contributed by atoms with Gasteiger partial charge in [0.15, 0.2) is 11.5 Å². The van der Waals surface area contributed by atoms with Gasteiger partial charge in [-0.05, 0) is 69.4 Å². The highest BCUT2D eigenvalue weighted by Crippen LogP contribution is 2.36. The number of ether oxygens (including phenoxy) is 1. The monoisotopic (exact) mass is 501 g/mol. The second-order valence-electron chi connectivity index (χ2n) is 9.62. The second-order valence-corrected chi connectivity index (χ2v) is 9.62. The molecule has 2 N–H and O–H groups in total. The third kappa shape index (κ3) is 5.89. The molecule has 2 aromatic carbocycles. The molecule has 1 fully saturated rings. The quantitative estimate of drug-likeness (QED) is 0.415. The number of nitrogens with zero attached hydrogens (tertiary/aromatic N) is 3. The van der Waals surface area contributed by atoms with E-state index >= 15 is 0 Å². The lowest BCUT2D eigenvalue weighted by Crippen LogP contribution is -2.42. The zero-order chi connectivity index (χ0) is 26.5. The maximum absolute atomic E-state index is 14.7. The molecule has 0 saturated heterocycles. The Kier molecular flexibility index (Phi) is 8.04. The highest BCUT2D eigenvalue weighted by molar-refractivity contribution is 5.99. The fourth-order valence-corrected chi connectivity index (χ4v) is 4.80. The van der Waals surface area contributed by atoms with Crippen molar-refractivity contribution < 1.29 is 13.9 Å². The van der Waals surface area contributed by atoms with Crippen molar-refractivity contribution in [3.63, 3.8) is 0 Å². The van der Waals surface area contributed by atoms with Crippen LogP contribution in [0.4, 0.5) is 10.1 Å². The Morgan fingerprint density at radius 1 is 1.19 bits per heavy atom. The first-order chi connectivity index (χ1) is 17.8. The first-order valence-electron chi connectivity index (χ1n) is 12.4. The van der Waals surface area contributed by atoms with Crippen LogP contribution in [-0.4, -0.2) is 55.6 Å². The van der Waals surface area contributed by atoms with E-state index in [1.807, 2.05) is 36.4 Å². The summed E-state index contributed by atoms with van der Waals surface area (Å²) in [5, 5.41) is 17.1. The van der Waals surface area contributed by atoms with Gasteiger partial charge >= 0.3 is 0 Å². The van der Waals surface area contributed by atoms with Gasteiger partial charge in [-0.25, -0.2) is 9.37 Å². The van der Waals surface area contributed by atoms with Crippen molar-refractivity contribution in [2.75, 3.05) is 33.1 Å². The van der Waals surface area contributed by atoms with Crippen LogP contribution in [-0.2, 0) is 0 Å². The third-order valence-corrected chi connectivity index (χ3v) is 6.96. The van der Waals surface area contributed by atoms with Crippen LogP contribution in [0.3, 0.4) is 0 Å². The summed E-state index contributed by atoms with van der Waals surface area (Å²) in [6, 6.07) is 14.9. The van der Waals surface area contributed by atoms with Crippen LogP contribution in [0, 0.1) is 17.1 Å². The normalized spacial score (nSPS) is 17.3. The zero-order valence-electron chi connectivity index (χ0n) is 21.5. The smallest absolute Gasteiger partial charge is 0.273 e. The van der Waals surface area contributed by atoms with Gasteiger partial charge in [-0.15, -0.1) is 0 Å². The Morgan fingerprint density at radius 2 is 1.92 bits per heavy atom. The maximum Gasteiger partial charge on any atom is 0.273 e. The molecular weight excluding hydrogens is 469 g/mol. The van der Waals surface area contributed by atoms with Crippen molar-refractivity contribution in [2.24, 2.45) is 0 Å². The highest BCUT2D eigenvalue weighted by Gasteiger charge is 2.25. The summed E-state index contributed by atoms with van der Waals surface area (Å²) in [5.41, 5.74) is 2.11. The first-order valence-corrected chi connectivity index (χ1v) is 12.4. The number of carbonyl (C=O) groups excluding carboxylic acids is 1. The van der Waals surface area contributed by atoms with Crippen molar-refractivity contribution >= 4 is 22.4 Å². The van der Waals surface area contributed by atoms with E-state index in [2.05, 4.69) is 41.2 Å². The molecule has 192 valence electrons. The summed E-state index contributed by atoms with van der Waals surface area (Å²) in [5.74, 6) is -0.526. The number of halogens is 1. The second kappa shape index (κ2) is 11.4. The van der Waals surface area contributed by atoms with Gasteiger partial charge in [0.05, 0.1) is 24.6 Å². The van der Waals surface area contributed by atoms with Gasteiger partial charge in [-0.1, -0.05) is 24.8 Å². The molecule has 8 heteroatoms. The molecule has 4 rings (SSSR count). The number of anilines is 1. The number of amides is 1. The average molecular weight is 502 g/mol. The largest absolute Gasteiger partial charge is 0.495 e. The molecule has 1 amide bonds. The van der Waals surface area contributed by atoms with Gasteiger partial charge in [0, 0.05) is 35.2 Å². The molecule has 0 atom stereocenters. The minimum atomic E-state index is -0.650. The summed E-state index contributed by atoms with van der Waals surface area (Å²) < 4.78 is 20.2. The van der Waals surface area contributed by atoms with Gasteiger partial charge in [0.2, 0.25) is 0 Å². The van der Waals surface area contributed by atoms with Gasteiger partial charge < -0.3 is 20.3 Å². The Balaban J connectivity index is 1.61. The molecule has 1 aliphatic rings. The van der Waals surface area contributed by atoms with Crippen LogP contribution in [0.15, 0.2) is 54.6 Å². The number of pyridine rings is 1. The molecule has 0 unspecified atom stereocenters. The number of methoxy groups -OCH3 is 1. The number of hydrogen-bond acceptors (Lipinski definition) is 6. The molecule has 1 aromatic heterocycles. The predicted molar refractivity (Wildman–Crippen MR) is 144 cm³/mol. The number of nitrogens with one attached hydrogen (secondary N) is 2. The van der Waals surface area contributed by atoms with Crippen LogP contribution in [0.2, 0.25) is 0 Å². The van der Waals surface area contributed by atoms with Crippen LogP contribution in [0.5, 0.6) is 5.75 Å². The van der Waals surface area contributed by atoms with Crippen molar-refractivity contribution in [1.82, 2.24) is 15.2 Å². The molecule has 0 radical (unpaired) electrons. The minimum absolute atomic E-state index is 0.0125. The molecule has 3 aromatic rings. The average Bonchev–Trinajstić information content (AvgIpc) is 2.91. The topological polar surface area (TPSA) is 90.3 Å². The van der Waals surface area contributed by atoms with Crippen molar-refractivity contribution in [1.29, 1.82) is 5.26 Å². The van der Waals surface area contributed by atoms with E-state index in [1.54, 1.807) is 13.2 Å². The Hall–Kier alpha value is -3.96. The lowest BCUT2D eigenvalue weighted by Gasteiger charge is -2.32. The summed E-state index contributed by atoms with van der Waals surface area (Å²) >= 11 is 0. The molecule has 0 aliphatic heterocycles. The molecule has 37 heavy (non-hydrogen) atoms. The molecule has 0 bridgehead atoms. The lowest BCUT2D eigenvalue weighted by molar-refractivity contribution is 0.0906. The van der Waals surface area contributed by atoms with Crippen molar-refractivity contribution in [3.05, 3.63) is 66.1 Å². The number of nitriles is 1. The van der Waals surface area contributed by atoms with E-state index in [1.165, 1.54) is 6.07 Å². The van der Waals surface area contributed by atoms with E-state index in [-0.39, 0.29) is 18.3 Å². The SMILES string of the molecule is C=C(C#N)CNc1c(OC)ccc2ccc(-c3ccc(F)c(C(=O)N[C@H]4CC[C@@H](N(C)C)CC4)n3)cc12.